The number of halogens is 2. The van der Waals surface area contributed by atoms with E-state index in [-0.39, 0.29) is 0 Å². The number of tetrazole rings is 1. The zero-order valence-corrected chi connectivity index (χ0v) is 21.1. The first kappa shape index (κ1) is 23.2. The van der Waals surface area contributed by atoms with Gasteiger partial charge in [-0.05, 0) is 92.2 Å². The molecule has 0 amide bonds. The Kier molecular flexibility index (Phi) is 6.27. The first-order chi connectivity index (χ1) is 18.2. The van der Waals surface area contributed by atoms with Crippen molar-refractivity contribution >= 4 is 23.2 Å². The molecular formula is C31H20Cl2N4. The summed E-state index contributed by atoms with van der Waals surface area (Å²) in [5.74, 6) is 0.538. The molecule has 5 aromatic carbocycles. The molecule has 6 heteroatoms. The van der Waals surface area contributed by atoms with Crippen LogP contribution in [0.25, 0.3) is 55.9 Å². The molecule has 1 N–H and O–H groups in total. The molecule has 0 aliphatic rings. The molecule has 0 radical (unpaired) electrons. The quantitative estimate of drug-likeness (QED) is 0.248. The summed E-state index contributed by atoms with van der Waals surface area (Å²) >= 11 is 12.3. The second-order valence-electron chi connectivity index (χ2n) is 8.64. The Bertz CT molecular complexity index is 1570. The van der Waals surface area contributed by atoms with Crippen LogP contribution in [-0.2, 0) is 0 Å². The van der Waals surface area contributed by atoms with Gasteiger partial charge in [-0.2, -0.15) is 5.21 Å². The lowest BCUT2D eigenvalue weighted by molar-refractivity contribution is 0.881. The smallest absolute Gasteiger partial charge is 0.177 e. The van der Waals surface area contributed by atoms with Crippen LogP contribution in [0.4, 0.5) is 0 Å². The Morgan fingerprint density at radius 3 is 1.27 bits per heavy atom. The van der Waals surface area contributed by atoms with Gasteiger partial charge in [-0.1, -0.05) is 96.0 Å². The Labute approximate surface area is 224 Å². The van der Waals surface area contributed by atoms with Gasteiger partial charge in [0.25, 0.3) is 0 Å². The van der Waals surface area contributed by atoms with Gasteiger partial charge >= 0.3 is 0 Å². The predicted molar refractivity (Wildman–Crippen MR) is 151 cm³/mol. The number of aromatic nitrogens is 4. The van der Waals surface area contributed by atoms with Gasteiger partial charge in [-0.3, -0.25) is 0 Å². The van der Waals surface area contributed by atoms with Crippen LogP contribution in [0, 0.1) is 0 Å². The van der Waals surface area contributed by atoms with Gasteiger partial charge in [0.05, 0.1) is 0 Å². The third-order valence-corrected chi connectivity index (χ3v) is 6.83. The van der Waals surface area contributed by atoms with Gasteiger partial charge in [-0.15, -0.1) is 10.2 Å². The Morgan fingerprint density at radius 2 is 0.865 bits per heavy atom. The van der Waals surface area contributed by atoms with Gasteiger partial charge in [0.1, 0.15) is 0 Å². The Balaban J connectivity index is 1.57. The number of nitrogens with zero attached hydrogens (tertiary/aromatic N) is 3. The molecule has 0 bridgehead atoms. The maximum Gasteiger partial charge on any atom is 0.204 e. The second kappa shape index (κ2) is 10.0. The minimum atomic E-state index is 0.538. The van der Waals surface area contributed by atoms with Gasteiger partial charge in [0.15, 0.2) is 0 Å². The van der Waals surface area contributed by atoms with Crippen molar-refractivity contribution in [3.63, 3.8) is 0 Å². The Morgan fingerprint density at radius 1 is 0.459 bits per heavy atom. The highest BCUT2D eigenvalue weighted by Gasteiger charge is 2.15. The van der Waals surface area contributed by atoms with Gasteiger partial charge in [0, 0.05) is 15.6 Å². The number of hydrogen-bond donors (Lipinski definition) is 1. The van der Waals surface area contributed by atoms with Crippen LogP contribution in [0.2, 0.25) is 10.0 Å². The molecule has 0 aliphatic heterocycles. The standard InChI is InChI=1S/C31H20Cl2N4/c32-25-13-9-20(10-14-25)27-5-1-3-7-29(27)22-17-23(19-24(18-22)31-34-36-37-35-31)30-8-4-2-6-28(30)21-11-15-26(33)16-12-21/h1-19H,(H,34,35,36,37). The molecule has 37 heavy (non-hydrogen) atoms. The minimum Gasteiger partial charge on any atom is -0.177 e. The molecule has 0 spiro atoms. The van der Waals surface area contributed by atoms with Crippen LogP contribution in [-0.4, -0.2) is 20.6 Å². The fourth-order valence-electron chi connectivity index (χ4n) is 4.58. The van der Waals surface area contributed by atoms with Gasteiger partial charge in [-0.25, -0.2) is 0 Å². The van der Waals surface area contributed by atoms with E-state index in [0.29, 0.717) is 15.9 Å². The van der Waals surface area contributed by atoms with Crippen LogP contribution in [0.5, 0.6) is 0 Å². The average Bonchev–Trinajstić information content (AvgIpc) is 3.49. The highest BCUT2D eigenvalue weighted by molar-refractivity contribution is 6.31. The average molecular weight is 519 g/mol. The van der Waals surface area contributed by atoms with E-state index in [1.807, 2.05) is 60.7 Å². The molecule has 0 fully saturated rings. The zero-order valence-electron chi connectivity index (χ0n) is 19.6. The van der Waals surface area contributed by atoms with Crippen LogP contribution >= 0.6 is 23.2 Å². The van der Waals surface area contributed by atoms with Crippen molar-refractivity contribution in [2.24, 2.45) is 0 Å². The maximum atomic E-state index is 6.17. The first-order valence-corrected chi connectivity index (χ1v) is 12.5. The van der Waals surface area contributed by atoms with Crippen LogP contribution in [0.15, 0.2) is 115 Å². The lowest BCUT2D eigenvalue weighted by atomic mass is 9.89. The topological polar surface area (TPSA) is 54.5 Å². The molecular weight excluding hydrogens is 499 g/mol. The molecule has 0 saturated heterocycles. The number of aromatic amines is 1. The van der Waals surface area contributed by atoms with E-state index >= 15 is 0 Å². The van der Waals surface area contributed by atoms with Crippen LogP contribution in [0.3, 0.4) is 0 Å². The zero-order chi connectivity index (χ0) is 25.2. The molecule has 4 nitrogen and oxygen atoms in total. The Hall–Kier alpha value is -4.25. The van der Waals surface area contributed by atoms with E-state index in [4.69, 9.17) is 23.2 Å². The summed E-state index contributed by atoms with van der Waals surface area (Å²) in [4.78, 5) is 0. The van der Waals surface area contributed by atoms with Crippen molar-refractivity contribution in [1.29, 1.82) is 0 Å². The van der Waals surface area contributed by atoms with E-state index in [9.17, 15) is 0 Å². The van der Waals surface area contributed by atoms with Gasteiger partial charge in [0.2, 0.25) is 5.82 Å². The molecule has 0 aliphatic carbocycles. The normalized spacial score (nSPS) is 11.0. The number of nitrogens with one attached hydrogen (secondary N) is 1. The van der Waals surface area contributed by atoms with Crippen molar-refractivity contribution in [1.82, 2.24) is 20.6 Å². The third-order valence-electron chi connectivity index (χ3n) is 6.32. The maximum absolute atomic E-state index is 6.17. The molecule has 0 saturated carbocycles. The monoisotopic (exact) mass is 518 g/mol. The van der Waals surface area contributed by atoms with E-state index < -0.39 is 0 Å². The summed E-state index contributed by atoms with van der Waals surface area (Å²) in [7, 11) is 0. The van der Waals surface area contributed by atoms with Crippen molar-refractivity contribution in [3.8, 4) is 55.9 Å². The van der Waals surface area contributed by atoms with E-state index in [2.05, 4.69) is 75.2 Å². The van der Waals surface area contributed by atoms with Crippen LogP contribution in [0.1, 0.15) is 0 Å². The number of H-pyrrole nitrogens is 1. The largest absolute Gasteiger partial charge is 0.204 e. The summed E-state index contributed by atoms with van der Waals surface area (Å²) in [6.07, 6.45) is 0. The predicted octanol–water partition coefficient (Wildman–Crippen LogP) is 8.84. The fourth-order valence-corrected chi connectivity index (χ4v) is 4.84. The van der Waals surface area contributed by atoms with E-state index in [1.165, 1.54) is 0 Å². The third kappa shape index (κ3) is 4.77. The lowest BCUT2D eigenvalue weighted by Crippen LogP contribution is -1.91. The molecule has 1 aromatic heterocycles. The highest BCUT2D eigenvalue weighted by atomic mass is 35.5. The fraction of sp³-hybridized carbons (Fsp3) is 0. The summed E-state index contributed by atoms with van der Waals surface area (Å²) < 4.78 is 0. The number of benzene rings is 5. The summed E-state index contributed by atoms with van der Waals surface area (Å²) in [6.45, 7) is 0. The molecule has 178 valence electrons. The molecule has 0 unspecified atom stereocenters. The van der Waals surface area contributed by atoms with Crippen molar-refractivity contribution < 1.29 is 0 Å². The van der Waals surface area contributed by atoms with Gasteiger partial charge < -0.3 is 0 Å². The second-order valence-corrected chi connectivity index (χ2v) is 9.51. The van der Waals surface area contributed by atoms with E-state index in [1.54, 1.807) is 0 Å². The summed E-state index contributed by atoms with van der Waals surface area (Å²) in [6, 6.07) is 39.0. The number of rotatable bonds is 5. The minimum absolute atomic E-state index is 0.538. The number of hydrogen-bond acceptors (Lipinski definition) is 3. The highest BCUT2D eigenvalue weighted by Crippen LogP contribution is 2.39. The molecule has 6 rings (SSSR count). The molecule has 1 heterocycles. The summed E-state index contributed by atoms with van der Waals surface area (Å²) in [5.41, 5.74) is 9.57. The summed E-state index contributed by atoms with van der Waals surface area (Å²) in [5, 5.41) is 16.3. The lowest BCUT2D eigenvalue weighted by Gasteiger charge is -2.15. The molecule has 0 atom stereocenters. The first-order valence-electron chi connectivity index (χ1n) is 11.8. The van der Waals surface area contributed by atoms with Crippen molar-refractivity contribution in [2.45, 2.75) is 0 Å². The SMILES string of the molecule is Clc1ccc(-c2ccccc2-c2cc(-c3nn[nH]n3)cc(-c3ccccc3-c3ccc(Cl)cc3)c2)cc1. The molecule has 6 aromatic rings. The van der Waals surface area contributed by atoms with E-state index in [0.717, 1.165) is 50.1 Å². The van der Waals surface area contributed by atoms with Crippen molar-refractivity contribution in [2.75, 3.05) is 0 Å². The van der Waals surface area contributed by atoms with Crippen molar-refractivity contribution in [3.05, 3.63) is 125 Å². The van der Waals surface area contributed by atoms with Crippen LogP contribution < -0.4 is 0 Å².